The van der Waals surface area contributed by atoms with Gasteiger partial charge in [-0.2, -0.15) is 0 Å². The van der Waals surface area contributed by atoms with Crippen molar-refractivity contribution in [2.75, 3.05) is 17.7 Å². The first-order valence-corrected chi connectivity index (χ1v) is 12.4. The van der Waals surface area contributed by atoms with Gasteiger partial charge in [0.15, 0.2) is 0 Å². The van der Waals surface area contributed by atoms with Gasteiger partial charge in [-0.25, -0.2) is 15.0 Å². The van der Waals surface area contributed by atoms with Crippen LogP contribution in [0.15, 0.2) is 67.5 Å². The van der Waals surface area contributed by atoms with Gasteiger partial charge in [-0.15, -0.1) is 12.3 Å². The topological polar surface area (TPSA) is 110 Å². The number of aromatic nitrogens is 4. The lowest BCUT2D eigenvalue weighted by Crippen LogP contribution is -2.27. The maximum absolute atomic E-state index is 7.88. The van der Waals surface area contributed by atoms with Gasteiger partial charge in [0.1, 0.15) is 0 Å². The first-order valence-electron chi connectivity index (χ1n) is 12.4. The molecule has 1 aromatic carbocycles. The number of anilines is 2. The van der Waals surface area contributed by atoms with E-state index < -0.39 is 5.41 Å². The molecule has 3 rings (SSSR count). The van der Waals surface area contributed by atoms with Crippen LogP contribution in [0.2, 0.25) is 0 Å². The van der Waals surface area contributed by atoms with Crippen LogP contribution in [0.1, 0.15) is 65.9 Å². The third-order valence-corrected chi connectivity index (χ3v) is 5.49. The highest BCUT2D eigenvalue weighted by atomic mass is 16.2. The SMILES string of the molecule is C=C=C(Nc1cc(C)c(-c2cncc(C)n2)cc1C)C(C)(C)c1ccnc(N)n1.C=CCC.CCCO.[HH].[HH]. The second-order valence-electron chi connectivity index (χ2n) is 9.05. The molecule has 0 bridgehead atoms. The van der Waals surface area contributed by atoms with E-state index in [0.717, 1.165) is 58.0 Å². The minimum atomic E-state index is -0.472. The van der Waals surface area contributed by atoms with Gasteiger partial charge in [0.2, 0.25) is 5.95 Å². The summed E-state index contributed by atoms with van der Waals surface area (Å²) in [6.07, 6.45) is 9.04. The minimum absolute atomic E-state index is 0. The molecule has 0 spiro atoms. The quantitative estimate of drug-likeness (QED) is 0.234. The van der Waals surface area contributed by atoms with Crippen molar-refractivity contribution in [1.82, 2.24) is 19.9 Å². The van der Waals surface area contributed by atoms with Crippen molar-refractivity contribution in [2.24, 2.45) is 0 Å². The molecule has 202 valence electrons. The van der Waals surface area contributed by atoms with Gasteiger partial charge in [-0.05, 0) is 76.8 Å². The van der Waals surface area contributed by atoms with Crippen LogP contribution in [0.5, 0.6) is 0 Å². The number of rotatable bonds is 7. The average Bonchev–Trinajstić information content (AvgIpc) is 2.89. The van der Waals surface area contributed by atoms with E-state index in [1.165, 1.54) is 0 Å². The van der Waals surface area contributed by atoms with Crippen molar-refractivity contribution >= 4 is 11.6 Å². The second-order valence-corrected chi connectivity index (χ2v) is 9.05. The third kappa shape index (κ3) is 9.30. The third-order valence-electron chi connectivity index (χ3n) is 5.49. The van der Waals surface area contributed by atoms with E-state index in [1.54, 1.807) is 18.6 Å². The van der Waals surface area contributed by atoms with Crippen LogP contribution in [0.3, 0.4) is 0 Å². The fourth-order valence-corrected chi connectivity index (χ4v) is 3.23. The smallest absolute Gasteiger partial charge is 0.220 e. The Kier molecular flexibility index (Phi) is 12.9. The number of allylic oxidation sites excluding steroid dienone is 2. The first kappa shape index (κ1) is 31.2. The Morgan fingerprint density at radius 3 is 2.32 bits per heavy atom. The molecular formula is C30H46N6O. The van der Waals surface area contributed by atoms with Crippen molar-refractivity contribution in [3.05, 3.63) is 90.0 Å². The molecule has 37 heavy (non-hydrogen) atoms. The van der Waals surface area contributed by atoms with Crippen LogP contribution < -0.4 is 11.1 Å². The number of aliphatic hydroxyl groups excluding tert-OH is 1. The summed E-state index contributed by atoms with van der Waals surface area (Å²) < 4.78 is 0. The summed E-state index contributed by atoms with van der Waals surface area (Å²) in [7, 11) is 0. The Bertz CT molecular complexity index is 1220. The van der Waals surface area contributed by atoms with E-state index in [1.807, 2.05) is 39.8 Å². The maximum Gasteiger partial charge on any atom is 0.220 e. The molecule has 0 fully saturated rings. The summed E-state index contributed by atoms with van der Waals surface area (Å²) in [4.78, 5) is 17.2. The van der Waals surface area contributed by atoms with E-state index in [2.05, 4.69) is 77.0 Å². The minimum Gasteiger partial charge on any atom is -0.396 e. The van der Waals surface area contributed by atoms with E-state index in [0.29, 0.717) is 6.61 Å². The highest BCUT2D eigenvalue weighted by Crippen LogP contribution is 2.33. The number of aliphatic hydroxyl groups is 1. The second kappa shape index (κ2) is 15.3. The molecule has 7 heteroatoms. The molecule has 7 nitrogen and oxygen atoms in total. The van der Waals surface area contributed by atoms with Crippen molar-refractivity contribution in [2.45, 2.75) is 66.7 Å². The van der Waals surface area contributed by atoms with E-state index in [4.69, 9.17) is 10.8 Å². The number of hydrogen-bond donors (Lipinski definition) is 3. The predicted octanol–water partition coefficient (Wildman–Crippen LogP) is 6.96. The van der Waals surface area contributed by atoms with Crippen LogP contribution in [0, 0.1) is 20.8 Å². The van der Waals surface area contributed by atoms with Gasteiger partial charge in [-0.1, -0.05) is 26.5 Å². The van der Waals surface area contributed by atoms with Crippen molar-refractivity contribution in [3.63, 3.8) is 0 Å². The van der Waals surface area contributed by atoms with Gasteiger partial charge >= 0.3 is 0 Å². The van der Waals surface area contributed by atoms with Crippen LogP contribution >= 0.6 is 0 Å². The fourth-order valence-electron chi connectivity index (χ4n) is 3.23. The molecule has 0 saturated heterocycles. The zero-order chi connectivity index (χ0) is 28.0. The summed E-state index contributed by atoms with van der Waals surface area (Å²) in [6.45, 7) is 21.8. The van der Waals surface area contributed by atoms with E-state index in [-0.39, 0.29) is 8.80 Å². The van der Waals surface area contributed by atoms with E-state index in [9.17, 15) is 0 Å². The number of hydrogen-bond acceptors (Lipinski definition) is 7. The number of aryl methyl sites for hydroxylation is 3. The van der Waals surface area contributed by atoms with Gasteiger partial charge in [-0.3, -0.25) is 4.98 Å². The number of nitrogens with one attached hydrogen (secondary N) is 1. The van der Waals surface area contributed by atoms with Gasteiger partial charge in [0, 0.05) is 33.1 Å². The standard InChI is InChI=1S/C23H26N6.C4H8.C3H8O.2H2/c1-7-20(23(5,6)21-8-9-26-22(24)29-21)28-18-11-14(2)17(10-15(18)3)19-13-25-12-16(4)27-19;1-3-4-2;1-2-3-4;;/h8-13,28H,1H2,2-6H3,(H2,24,26,29);3H,1,4H2,2H3;4H,2-3H2,1H3;2*1H. The van der Waals surface area contributed by atoms with Gasteiger partial charge in [0.05, 0.1) is 34.4 Å². The Labute approximate surface area is 225 Å². The zero-order valence-electron chi connectivity index (χ0n) is 23.4. The summed E-state index contributed by atoms with van der Waals surface area (Å²) in [5.74, 6) is 0.245. The molecule has 0 aliphatic heterocycles. The predicted molar refractivity (Wildman–Crippen MR) is 160 cm³/mol. The normalized spacial score (nSPS) is 10.2. The van der Waals surface area contributed by atoms with Crippen LogP contribution in [-0.4, -0.2) is 31.6 Å². The fraction of sp³-hybridized carbons (Fsp3) is 0.367. The molecule has 0 amide bonds. The molecule has 0 aliphatic rings. The highest BCUT2D eigenvalue weighted by molar-refractivity contribution is 5.70. The van der Waals surface area contributed by atoms with Crippen molar-refractivity contribution < 1.29 is 7.96 Å². The lowest BCUT2D eigenvalue weighted by atomic mass is 9.85. The molecule has 3 aromatic rings. The molecule has 0 atom stereocenters. The lowest BCUT2D eigenvalue weighted by Gasteiger charge is -2.28. The van der Waals surface area contributed by atoms with Gasteiger partial charge in [0.25, 0.3) is 0 Å². The van der Waals surface area contributed by atoms with E-state index >= 15 is 0 Å². The number of nitrogen functional groups attached to an aromatic ring is 1. The Morgan fingerprint density at radius 1 is 1.16 bits per heavy atom. The largest absolute Gasteiger partial charge is 0.396 e. The Morgan fingerprint density at radius 2 is 1.81 bits per heavy atom. The van der Waals surface area contributed by atoms with Crippen LogP contribution in [-0.2, 0) is 5.41 Å². The molecular weight excluding hydrogens is 460 g/mol. The monoisotopic (exact) mass is 506 g/mol. The molecule has 2 aromatic heterocycles. The summed E-state index contributed by atoms with van der Waals surface area (Å²) >= 11 is 0. The van der Waals surface area contributed by atoms with Crippen molar-refractivity contribution in [1.29, 1.82) is 0 Å². The lowest BCUT2D eigenvalue weighted by molar-refractivity contribution is 0.295. The maximum atomic E-state index is 7.88. The van der Waals surface area contributed by atoms with Gasteiger partial charge < -0.3 is 16.2 Å². The molecule has 4 N–H and O–H groups in total. The highest BCUT2D eigenvalue weighted by Gasteiger charge is 2.28. The average molecular weight is 507 g/mol. The Hall–Kier alpha value is -3.80. The number of benzene rings is 1. The molecule has 0 aliphatic carbocycles. The van der Waals surface area contributed by atoms with Crippen LogP contribution in [0.25, 0.3) is 11.3 Å². The zero-order valence-corrected chi connectivity index (χ0v) is 23.4. The molecule has 0 unspecified atom stereocenters. The van der Waals surface area contributed by atoms with Crippen LogP contribution in [0.4, 0.5) is 11.6 Å². The molecule has 0 saturated carbocycles. The first-order chi connectivity index (χ1) is 17.5. The summed E-state index contributed by atoms with van der Waals surface area (Å²) in [5, 5.41) is 11.4. The number of nitrogens with two attached hydrogens (primary N) is 1. The summed E-state index contributed by atoms with van der Waals surface area (Å²) in [6, 6.07) is 6.08. The molecule has 2 heterocycles. The number of nitrogens with zero attached hydrogens (tertiary/aromatic N) is 4. The Balaban J connectivity index is 0. The molecule has 0 radical (unpaired) electrons. The summed E-state index contributed by atoms with van der Waals surface area (Å²) in [5.41, 5.74) is 15.9. The van der Waals surface area contributed by atoms with Crippen molar-refractivity contribution in [3.8, 4) is 11.3 Å².